The SMILES string of the molecule is CC(C)c1ccccc1OCCNC(=O)N1CCN(C(=O)c2ccco2)CC1. The zero-order valence-corrected chi connectivity index (χ0v) is 16.4. The number of carbonyl (C=O) groups is 2. The van der Waals surface area contributed by atoms with Crippen molar-refractivity contribution in [3.05, 3.63) is 54.0 Å². The van der Waals surface area contributed by atoms with Crippen molar-refractivity contribution in [1.82, 2.24) is 15.1 Å². The number of hydrogen-bond donors (Lipinski definition) is 1. The van der Waals surface area contributed by atoms with Crippen LogP contribution in [0.2, 0.25) is 0 Å². The summed E-state index contributed by atoms with van der Waals surface area (Å²) in [4.78, 5) is 28.0. The molecule has 1 saturated heterocycles. The van der Waals surface area contributed by atoms with Gasteiger partial charge in [0, 0.05) is 26.2 Å². The number of urea groups is 1. The number of nitrogens with one attached hydrogen (secondary N) is 1. The maximum Gasteiger partial charge on any atom is 0.317 e. The molecule has 0 unspecified atom stereocenters. The van der Waals surface area contributed by atoms with Crippen LogP contribution in [-0.4, -0.2) is 61.1 Å². The molecule has 0 atom stereocenters. The molecule has 7 nitrogen and oxygen atoms in total. The highest BCUT2D eigenvalue weighted by molar-refractivity contribution is 5.91. The molecule has 28 heavy (non-hydrogen) atoms. The zero-order valence-electron chi connectivity index (χ0n) is 16.4. The van der Waals surface area contributed by atoms with E-state index >= 15 is 0 Å². The molecule has 1 N–H and O–H groups in total. The zero-order chi connectivity index (χ0) is 19.9. The molecule has 0 spiro atoms. The molecule has 7 heteroatoms. The molecule has 1 fully saturated rings. The molecule has 150 valence electrons. The second-order valence-corrected chi connectivity index (χ2v) is 7.03. The van der Waals surface area contributed by atoms with E-state index in [-0.39, 0.29) is 11.9 Å². The molecule has 0 radical (unpaired) electrons. The highest BCUT2D eigenvalue weighted by Crippen LogP contribution is 2.25. The number of ether oxygens (including phenoxy) is 1. The third-order valence-corrected chi connectivity index (χ3v) is 4.76. The largest absolute Gasteiger partial charge is 0.491 e. The van der Waals surface area contributed by atoms with Gasteiger partial charge in [-0.1, -0.05) is 32.0 Å². The number of amides is 3. The summed E-state index contributed by atoms with van der Waals surface area (Å²) in [6.45, 7) is 7.06. The summed E-state index contributed by atoms with van der Waals surface area (Å²) in [5.74, 6) is 1.43. The van der Waals surface area contributed by atoms with Gasteiger partial charge < -0.3 is 24.3 Å². The Morgan fingerprint density at radius 2 is 1.79 bits per heavy atom. The van der Waals surface area contributed by atoms with Crippen molar-refractivity contribution in [2.75, 3.05) is 39.3 Å². The van der Waals surface area contributed by atoms with Gasteiger partial charge in [-0.15, -0.1) is 0 Å². The highest BCUT2D eigenvalue weighted by Gasteiger charge is 2.25. The quantitative estimate of drug-likeness (QED) is 0.776. The van der Waals surface area contributed by atoms with E-state index in [1.165, 1.54) is 6.26 Å². The van der Waals surface area contributed by atoms with E-state index in [1.807, 2.05) is 18.2 Å². The van der Waals surface area contributed by atoms with E-state index in [4.69, 9.17) is 9.15 Å². The van der Waals surface area contributed by atoms with Crippen LogP contribution in [0.4, 0.5) is 4.79 Å². The van der Waals surface area contributed by atoms with Crippen molar-refractivity contribution in [2.24, 2.45) is 0 Å². The number of piperazine rings is 1. The van der Waals surface area contributed by atoms with Crippen LogP contribution in [0.5, 0.6) is 5.75 Å². The van der Waals surface area contributed by atoms with Crippen LogP contribution in [-0.2, 0) is 0 Å². The average Bonchev–Trinajstić information content (AvgIpc) is 3.25. The fourth-order valence-electron chi connectivity index (χ4n) is 3.19. The molecule has 3 amide bonds. The van der Waals surface area contributed by atoms with Gasteiger partial charge in [-0.25, -0.2) is 4.79 Å². The predicted octanol–water partition coefficient (Wildman–Crippen LogP) is 2.95. The predicted molar refractivity (Wildman–Crippen MR) is 106 cm³/mol. The lowest BCUT2D eigenvalue weighted by Gasteiger charge is -2.34. The van der Waals surface area contributed by atoms with Gasteiger partial charge in [0.15, 0.2) is 5.76 Å². The standard InChI is InChI=1S/C21H27N3O4/c1-16(2)17-6-3-4-7-18(17)28-15-9-22-21(26)24-12-10-23(11-13-24)20(25)19-8-5-14-27-19/h3-8,14,16H,9-13,15H2,1-2H3,(H,22,26). The Balaban J connectivity index is 1.39. The minimum atomic E-state index is -0.137. The molecule has 2 heterocycles. The first-order valence-electron chi connectivity index (χ1n) is 9.63. The first-order valence-corrected chi connectivity index (χ1v) is 9.63. The fourth-order valence-corrected chi connectivity index (χ4v) is 3.19. The summed E-state index contributed by atoms with van der Waals surface area (Å²) >= 11 is 0. The Hall–Kier alpha value is -2.96. The van der Waals surface area contributed by atoms with Crippen LogP contribution in [0.1, 0.15) is 35.9 Å². The molecule has 1 aliphatic rings. The molecular formula is C21H27N3O4. The number of carbonyl (C=O) groups excluding carboxylic acids is 2. The maximum absolute atomic E-state index is 12.3. The first-order chi connectivity index (χ1) is 13.6. The van der Waals surface area contributed by atoms with Crippen molar-refractivity contribution < 1.29 is 18.7 Å². The van der Waals surface area contributed by atoms with Crippen molar-refractivity contribution in [3.8, 4) is 5.75 Å². The number of furan rings is 1. The van der Waals surface area contributed by atoms with E-state index < -0.39 is 0 Å². The summed E-state index contributed by atoms with van der Waals surface area (Å²) in [5, 5.41) is 2.88. The second-order valence-electron chi connectivity index (χ2n) is 7.03. The normalized spacial score (nSPS) is 14.2. The Labute approximate surface area is 165 Å². The summed E-state index contributed by atoms with van der Waals surface area (Å²) in [6.07, 6.45) is 1.48. The Morgan fingerprint density at radius 1 is 1.07 bits per heavy atom. The van der Waals surface area contributed by atoms with Crippen molar-refractivity contribution in [2.45, 2.75) is 19.8 Å². The number of hydrogen-bond acceptors (Lipinski definition) is 4. The van der Waals surface area contributed by atoms with Crippen LogP contribution in [0.25, 0.3) is 0 Å². The molecular weight excluding hydrogens is 358 g/mol. The third kappa shape index (κ3) is 4.85. The van der Waals surface area contributed by atoms with Gasteiger partial charge in [0.25, 0.3) is 5.91 Å². The monoisotopic (exact) mass is 385 g/mol. The van der Waals surface area contributed by atoms with Crippen LogP contribution in [0.3, 0.4) is 0 Å². The Kier molecular flexibility index (Phi) is 6.57. The van der Waals surface area contributed by atoms with Crippen LogP contribution < -0.4 is 10.1 Å². The lowest BCUT2D eigenvalue weighted by atomic mass is 10.0. The maximum atomic E-state index is 12.3. The summed E-state index contributed by atoms with van der Waals surface area (Å²) < 4.78 is 11.0. The van der Waals surface area contributed by atoms with Gasteiger partial charge in [-0.05, 0) is 29.7 Å². The summed E-state index contributed by atoms with van der Waals surface area (Å²) in [7, 11) is 0. The molecule has 0 saturated carbocycles. The number of rotatable bonds is 6. The Bertz CT molecular complexity index is 781. The molecule has 0 bridgehead atoms. The molecule has 2 aromatic rings. The van der Waals surface area contributed by atoms with E-state index in [0.29, 0.717) is 51.0 Å². The van der Waals surface area contributed by atoms with E-state index in [2.05, 4.69) is 25.2 Å². The van der Waals surface area contributed by atoms with Crippen molar-refractivity contribution in [3.63, 3.8) is 0 Å². The van der Waals surface area contributed by atoms with E-state index in [1.54, 1.807) is 21.9 Å². The lowest BCUT2D eigenvalue weighted by molar-refractivity contribution is 0.0634. The van der Waals surface area contributed by atoms with E-state index in [9.17, 15) is 9.59 Å². The van der Waals surface area contributed by atoms with Crippen molar-refractivity contribution >= 4 is 11.9 Å². The molecule has 0 aliphatic carbocycles. The van der Waals surface area contributed by atoms with Gasteiger partial charge in [0.05, 0.1) is 12.8 Å². The minimum absolute atomic E-state index is 0.133. The second kappa shape index (κ2) is 9.30. The summed E-state index contributed by atoms with van der Waals surface area (Å²) in [5.41, 5.74) is 1.16. The number of benzene rings is 1. The number of nitrogens with zero attached hydrogens (tertiary/aromatic N) is 2. The number of para-hydroxylation sites is 1. The third-order valence-electron chi connectivity index (χ3n) is 4.76. The first kappa shape index (κ1) is 19.8. The van der Waals surface area contributed by atoms with Crippen molar-refractivity contribution in [1.29, 1.82) is 0 Å². The molecule has 1 aliphatic heterocycles. The van der Waals surface area contributed by atoms with Crippen LogP contribution in [0.15, 0.2) is 47.1 Å². The van der Waals surface area contributed by atoms with Gasteiger partial charge >= 0.3 is 6.03 Å². The van der Waals surface area contributed by atoms with Gasteiger partial charge in [-0.3, -0.25) is 4.79 Å². The van der Waals surface area contributed by atoms with Gasteiger partial charge in [0.2, 0.25) is 0 Å². The highest BCUT2D eigenvalue weighted by atomic mass is 16.5. The topological polar surface area (TPSA) is 75.0 Å². The van der Waals surface area contributed by atoms with Crippen LogP contribution >= 0.6 is 0 Å². The van der Waals surface area contributed by atoms with Gasteiger partial charge in [-0.2, -0.15) is 0 Å². The van der Waals surface area contributed by atoms with Gasteiger partial charge in [0.1, 0.15) is 12.4 Å². The lowest BCUT2D eigenvalue weighted by Crippen LogP contribution is -2.53. The average molecular weight is 385 g/mol. The molecule has 1 aromatic carbocycles. The minimum Gasteiger partial charge on any atom is -0.491 e. The summed E-state index contributed by atoms with van der Waals surface area (Å²) in [6, 6.07) is 11.2. The van der Waals surface area contributed by atoms with E-state index in [0.717, 1.165) is 11.3 Å². The Morgan fingerprint density at radius 3 is 2.46 bits per heavy atom. The molecule has 1 aromatic heterocycles. The van der Waals surface area contributed by atoms with Crippen LogP contribution in [0, 0.1) is 0 Å². The molecule has 3 rings (SSSR count). The smallest absolute Gasteiger partial charge is 0.317 e. The fraction of sp³-hybridized carbons (Fsp3) is 0.429.